The Kier molecular flexibility index (Phi) is 6.30. The van der Waals surface area contributed by atoms with E-state index in [4.69, 9.17) is 23.2 Å². The highest BCUT2D eigenvalue weighted by Gasteiger charge is 2.33. The van der Waals surface area contributed by atoms with Crippen LogP contribution in [0.1, 0.15) is 30.5 Å². The zero-order valence-corrected chi connectivity index (χ0v) is 17.0. The summed E-state index contributed by atoms with van der Waals surface area (Å²) in [6.07, 6.45) is 0.249. The molecule has 0 aliphatic carbocycles. The van der Waals surface area contributed by atoms with Crippen molar-refractivity contribution < 1.29 is 19.5 Å². The predicted octanol–water partition coefficient (Wildman–Crippen LogP) is 3.62. The second-order valence-corrected chi connectivity index (χ2v) is 7.64. The third kappa shape index (κ3) is 5.19. The molecule has 0 radical (unpaired) electrons. The monoisotopic (exact) mass is 435 g/mol. The van der Waals surface area contributed by atoms with Gasteiger partial charge >= 0.3 is 5.97 Å². The van der Waals surface area contributed by atoms with Crippen LogP contribution >= 0.6 is 23.2 Å². The molecule has 0 bridgehead atoms. The fourth-order valence-corrected chi connectivity index (χ4v) is 3.92. The second kappa shape index (κ2) is 8.71. The number of hydrogen-bond acceptors (Lipinski definition) is 4. The van der Waals surface area contributed by atoms with Crippen molar-refractivity contribution in [1.29, 1.82) is 0 Å². The maximum atomic E-state index is 12.6. The summed E-state index contributed by atoms with van der Waals surface area (Å²) in [6.45, 7) is 1.42. The van der Waals surface area contributed by atoms with Gasteiger partial charge in [0.2, 0.25) is 11.8 Å². The van der Waals surface area contributed by atoms with E-state index in [0.717, 1.165) is 5.56 Å². The SMILES string of the molecule is CC(=O)Nc1ccc(CC(=O)N[C@H]2C[C@H](C(=O)O)Nc3cc(Cl)cc(Cl)c32)cc1. The first-order valence-electron chi connectivity index (χ1n) is 8.87. The molecular formula is C20H19Cl2N3O4. The molecule has 0 aromatic heterocycles. The molecule has 0 unspecified atom stereocenters. The Morgan fingerprint density at radius 2 is 1.86 bits per heavy atom. The number of halogens is 2. The van der Waals surface area contributed by atoms with E-state index in [9.17, 15) is 19.5 Å². The zero-order valence-electron chi connectivity index (χ0n) is 15.5. The van der Waals surface area contributed by atoms with Crippen LogP contribution in [0.15, 0.2) is 36.4 Å². The van der Waals surface area contributed by atoms with Gasteiger partial charge in [-0.2, -0.15) is 0 Å². The third-order valence-electron chi connectivity index (χ3n) is 4.52. The zero-order chi connectivity index (χ0) is 21.1. The highest BCUT2D eigenvalue weighted by molar-refractivity contribution is 6.35. The number of benzene rings is 2. The largest absolute Gasteiger partial charge is 0.480 e. The number of carbonyl (C=O) groups excluding carboxylic acids is 2. The normalized spacial score (nSPS) is 17.6. The molecule has 0 spiro atoms. The van der Waals surface area contributed by atoms with Crippen LogP contribution in [0.3, 0.4) is 0 Å². The Bertz CT molecular complexity index is 963. The minimum Gasteiger partial charge on any atom is -0.480 e. The van der Waals surface area contributed by atoms with Gasteiger partial charge in [-0.1, -0.05) is 35.3 Å². The molecule has 1 heterocycles. The van der Waals surface area contributed by atoms with Gasteiger partial charge in [0.15, 0.2) is 0 Å². The first kappa shape index (κ1) is 21.0. The van der Waals surface area contributed by atoms with Crippen LogP contribution in [-0.2, 0) is 20.8 Å². The number of carbonyl (C=O) groups is 3. The maximum Gasteiger partial charge on any atom is 0.326 e. The Balaban J connectivity index is 1.75. The molecule has 29 heavy (non-hydrogen) atoms. The maximum absolute atomic E-state index is 12.6. The highest BCUT2D eigenvalue weighted by atomic mass is 35.5. The highest BCUT2D eigenvalue weighted by Crippen LogP contribution is 2.39. The van der Waals surface area contributed by atoms with Crippen molar-refractivity contribution in [3.8, 4) is 0 Å². The number of fused-ring (bicyclic) bond motifs is 1. The molecule has 3 rings (SSSR count). The minimum atomic E-state index is -1.03. The van der Waals surface area contributed by atoms with Crippen LogP contribution in [0.4, 0.5) is 11.4 Å². The number of carboxylic acid groups (broad SMARTS) is 1. The summed E-state index contributed by atoms with van der Waals surface area (Å²) in [4.78, 5) is 35.2. The number of carboxylic acids is 1. The number of rotatable bonds is 5. The number of nitrogens with one attached hydrogen (secondary N) is 3. The summed E-state index contributed by atoms with van der Waals surface area (Å²) in [7, 11) is 0. The molecule has 0 fully saturated rings. The summed E-state index contributed by atoms with van der Waals surface area (Å²) >= 11 is 12.3. The molecule has 1 aliphatic rings. The van der Waals surface area contributed by atoms with Crippen LogP contribution in [0.2, 0.25) is 10.0 Å². The molecule has 0 saturated carbocycles. The van der Waals surface area contributed by atoms with Gasteiger partial charge < -0.3 is 21.1 Å². The summed E-state index contributed by atoms with van der Waals surface area (Å²) in [5.41, 5.74) is 2.50. The van der Waals surface area contributed by atoms with Gasteiger partial charge in [-0.05, 0) is 29.8 Å². The fraction of sp³-hybridized carbons (Fsp3) is 0.250. The molecule has 4 N–H and O–H groups in total. The van der Waals surface area contributed by atoms with E-state index in [2.05, 4.69) is 16.0 Å². The van der Waals surface area contributed by atoms with Crippen LogP contribution in [0, 0.1) is 0 Å². The summed E-state index contributed by atoms with van der Waals surface area (Å²) in [5.74, 6) is -1.48. The van der Waals surface area contributed by atoms with Gasteiger partial charge in [0, 0.05) is 40.3 Å². The lowest BCUT2D eigenvalue weighted by molar-refractivity contribution is -0.138. The molecule has 7 nitrogen and oxygen atoms in total. The fourth-order valence-electron chi connectivity index (χ4n) is 3.29. The third-order valence-corrected chi connectivity index (χ3v) is 5.05. The van der Waals surface area contributed by atoms with Gasteiger partial charge in [0.05, 0.1) is 12.5 Å². The van der Waals surface area contributed by atoms with E-state index in [1.165, 1.54) is 6.92 Å². The van der Waals surface area contributed by atoms with Crippen molar-refractivity contribution in [3.63, 3.8) is 0 Å². The lowest BCUT2D eigenvalue weighted by Gasteiger charge is -2.32. The molecule has 2 aromatic carbocycles. The Morgan fingerprint density at radius 1 is 1.17 bits per heavy atom. The number of anilines is 2. The molecular weight excluding hydrogens is 417 g/mol. The lowest BCUT2D eigenvalue weighted by Crippen LogP contribution is -2.41. The molecule has 2 aromatic rings. The standard InChI is InChI=1S/C20H19Cl2N3O4/c1-10(26)23-13-4-2-11(3-5-13)6-18(27)25-16-9-17(20(28)29)24-15-8-12(21)7-14(22)19(15)16/h2-5,7-8,16-17,24H,6,9H2,1H3,(H,23,26)(H,25,27)(H,28,29)/t16-,17+/m0/s1. The van der Waals surface area contributed by atoms with Crippen LogP contribution in [0.5, 0.6) is 0 Å². The van der Waals surface area contributed by atoms with E-state index in [1.54, 1.807) is 36.4 Å². The second-order valence-electron chi connectivity index (χ2n) is 6.79. The quantitative estimate of drug-likeness (QED) is 0.573. The number of amides is 2. The summed E-state index contributed by atoms with van der Waals surface area (Å²) in [5, 5.41) is 18.6. The van der Waals surface area contributed by atoms with Crippen LogP contribution < -0.4 is 16.0 Å². The van der Waals surface area contributed by atoms with Crippen molar-refractivity contribution >= 4 is 52.4 Å². The molecule has 2 amide bonds. The van der Waals surface area contributed by atoms with Gasteiger partial charge in [-0.15, -0.1) is 0 Å². The van der Waals surface area contributed by atoms with Gasteiger partial charge in [-0.25, -0.2) is 4.79 Å². The van der Waals surface area contributed by atoms with E-state index >= 15 is 0 Å². The summed E-state index contributed by atoms with van der Waals surface area (Å²) in [6, 6.07) is 8.62. The predicted molar refractivity (Wildman–Crippen MR) is 111 cm³/mol. The molecule has 9 heteroatoms. The molecule has 0 saturated heterocycles. The summed E-state index contributed by atoms with van der Waals surface area (Å²) < 4.78 is 0. The lowest BCUT2D eigenvalue weighted by atomic mass is 9.92. The first-order chi connectivity index (χ1) is 13.7. The van der Waals surface area contributed by atoms with Crippen molar-refractivity contribution in [3.05, 3.63) is 57.6 Å². The number of aliphatic carboxylic acids is 1. The Hall–Kier alpha value is -2.77. The smallest absolute Gasteiger partial charge is 0.326 e. The van der Waals surface area contributed by atoms with Gasteiger partial charge in [0.25, 0.3) is 0 Å². The minimum absolute atomic E-state index is 0.0998. The van der Waals surface area contributed by atoms with Gasteiger partial charge in [-0.3, -0.25) is 9.59 Å². The molecule has 2 atom stereocenters. The number of hydrogen-bond donors (Lipinski definition) is 4. The Morgan fingerprint density at radius 3 is 2.48 bits per heavy atom. The van der Waals surface area contributed by atoms with Crippen molar-refractivity contribution in [1.82, 2.24) is 5.32 Å². The van der Waals surface area contributed by atoms with Crippen molar-refractivity contribution in [2.75, 3.05) is 10.6 Å². The topological polar surface area (TPSA) is 108 Å². The average Bonchev–Trinajstić information content (AvgIpc) is 2.61. The van der Waals surface area contributed by atoms with E-state index in [1.807, 2.05) is 0 Å². The molecule has 1 aliphatic heterocycles. The van der Waals surface area contributed by atoms with E-state index in [-0.39, 0.29) is 24.7 Å². The average molecular weight is 436 g/mol. The molecule has 152 valence electrons. The first-order valence-corrected chi connectivity index (χ1v) is 9.62. The van der Waals surface area contributed by atoms with E-state index in [0.29, 0.717) is 27.0 Å². The van der Waals surface area contributed by atoms with Gasteiger partial charge in [0.1, 0.15) is 6.04 Å². The van der Waals surface area contributed by atoms with Crippen LogP contribution in [-0.4, -0.2) is 28.9 Å². The van der Waals surface area contributed by atoms with Crippen molar-refractivity contribution in [2.45, 2.75) is 31.8 Å². The van der Waals surface area contributed by atoms with E-state index < -0.39 is 18.1 Å². The van der Waals surface area contributed by atoms with Crippen LogP contribution in [0.25, 0.3) is 0 Å². The Labute approximate surface area is 177 Å². The van der Waals surface area contributed by atoms with Crippen molar-refractivity contribution in [2.24, 2.45) is 0 Å².